The number of ether oxygens (including phenoxy) is 1. The normalized spacial score (nSPS) is 17.4. The molecule has 0 aromatic heterocycles. The quantitative estimate of drug-likeness (QED) is 0.662. The smallest absolute Gasteiger partial charge is 0.145 e. The molecule has 0 saturated heterocycles. The van der Waals surface area contributed by atoms with Crippen molar-refractivity contribution >= 4 is 5.71 Å². The van der Waals surface area contributed by atoms with Crippen LogP contribution in [0.4, 0.5) is 4.39 Å². The highest BCUT2D eigenvalue weighted by atomic mass is 19.1. The zero-order chi connectivity index (χ0) is 20.6. The summed E-state index contributed by atoms with van der Waals surface area (Å²) >= 11 is 0. The summed E-state index contributed by atoms with van der Waals surface area (Å²) in [6.07, 6.45) is 0.00239. The summed E-state index contributed by atoms with van der Waals surface area (Å²) in [6, 6.07) is 16.5. The van der Waals surface area contributed by atoms with E-state index in [0.717, 1.165) is 16.8 Å². The van der Waals surface area contributed by atoms with Gasteiger partial charge in [0.1, 0.15) is 11.9 Å². The molecule has 3 rings (SSSR count). The van der Waals surface area contributed by atoms with Crippen LogP contribution >= 0.6 is 0 Å². The molecule has 0 radical (unpaired) electrons. The largest absolute Gasteiger partial charge is 0.390 e. The highest BCUT2D eigenvalue weighted by Crippen LogP contribution is 2.19. The summed E-state index contributed by atoms with van der Waals surface area (Å²) in [5.41, 5.74) is 2.83. The number of benzene rings is 2. The van der Waals surface area contributed by atoms with Crippen molar-refractivity contribution in [2.24, 2.45) is 5.16 Å². The average molecular weight is 400 g/mol. The van der Waals surface area contributed by atoms with E-state index < -0.39 is 6.10 Å². The lowest BCUT2D eigenvalue weighted by atomic mass is 10.0. The first-order chi connectivity index (χ1) is 14.0. The molecule has 2 aromatic carbocycles. The Morgan fingerprint density at radius 3 is 2.72 bits per heavy atom. The zero-order valence-corrected chi connectivity index (χ0v) is 17.0. The van der Waals surface area contributed by atoms with Gasteiger partial charge in [0.2, 0.25) is 0 Å². The predicted molar refractivity (Wildman–Crippen MR) is 111 cm³/mol. The third-order valence-electron chi connectivity index (χ3n) is 4.69. The molecule has 0 saturated carbocycles. The van der Waals surface area contributed by atoms with Crippen LogP contribution in [0.15, 0.2) is 59.8 Å². The summed E-state index contributed by atoms with van der Waals surface area (Å²) in [7, 11) is 0. The Hall–Kier alpha value is -2.28. The van der Waals surface area contributed by atoms with Gasteiger partial charge in [0.15, 0.2) is 0 Å². The van der Waals surface area contributed by atoms with Crippen molar-refractivity contribution in [3.05, 3.63) is 71.5 Å². The minimum Gasteiger partial charge on any atom is -0.390 e. The van der Waals surface area contributed by atoms with Crippen LogP contribution in [0.5, 0.6) is 0 Å². The Morgan fingerprint density at radius 2 is 2.00 bits per heavy atom. The van der Waals surface area contributed by atoms with Crippen LogP contribution in [0.25, 0.3) is 0 Å². The Balaban J connectivity index is 1.61. The van der Waals surface area contributed by atoms with Crippen LogP contribution in [0.3, 0.4) is 0 Å². The maximum absolute atomic E-state index is 13.6. The van der Waals surface area contributed by atoms with E-state index >= 15 is 0 Å². The minimum atomic E-state index is -0.637. The molecule has 0 bridgehead atoms. The lowest BCUT2D eigenvalue weighted by Gasteiger charge is -2.27. The van der Waals surface area contributed by atoms with Gasteiger partial charge in [0, 0.05) is 26.1 Å². The molecule has 156 valence electrons. The first-order valence-corrected chi connectivity index (χ1v) is 10.0. The molecule has 29 heavy (non-hydrogen) atoms. The average Bonchev–Trinajstić information content (AvgIpc) is 3.15. The number of aliphatic hydroxyl groups is 1. The lowest BCUT2D eigenvalue weighted by Crippen LogP contribution is -2.39. The molecule has 1 N–H and O–H groups in total. The maximum atomic E-state index is 13.6. The first kappa shape index (κ1) is 21.4. The molecular weight excluding hydrogens is 371 g/mol. The fourth-order valence-corrected chi connectivity index (χ4v) is 3.37. The van der Waals surface area contributed by atoms with Crippen molar-refractivity contribution in [2.75, 3.05) is 19.7 Å². The Kier molecular flexibility index (Phi) is 7.75. The van der Waals surface area contributed by atoms with Gasteiger partial charge in [-0.15, -0.1) is 0 Å². The zero-order valence-electron chi connectivity index (χ0n) is 17.0. The molecule has 2 atom stereocenters. The van der Waals surface area contributed by atoms with Gasteiger partial charge in [-0.1, -0.05) is 47.6 Å². The number of halogens is 1. The number of aliphatic hydroxyl groups excluding tert-OH is 1. The molecule has 0 aliphatic carbocycles. The second kappa shape index (κ2) is 10.5. The van der Waals surface area contributed by atoms with Crippen LogP contribution in [0.1, 0.15) is 31.4 Å². The molecule has 0 fully saturated rings. The SMILES string of the molecule is CC(C)OCC(O)CN(Cc1cccc(F)c1)CC1CC(c2ccccc2)=NO1. The molecule has 6 heteroatoms. The Labute approximate surface area is 171 Å². The van der Waals surface area contributed by atoms with Crippen LogP contribution < -0.4 is 0 Å². The number of hydrogen-bond donors (Lipinski definition) is 1. The van der Waals surface area contributed by atoms with Gasteiger partial charge in [-0.3, -0.25) is 4.90 Å². The van der Waals surface area contributed by atoms with Gasteiger partial charge in [0.05, 0.1) is 24.5 Å². The molecule has 1 heterocycles. The number of rotatable bonds is 10. The highest BCUT2D eigenvalue weighted by Gasteiger charge is 2.25. The van der Waals surface area contributed by atoms with E-state index in [4.69, 9.17) is 9.57 Å². The molecule has 0 spiro atoms. The van der Waals surface area contributed by atoms with Gasteiger partial charge in [-0.25, -0.2) is 4.39 Å². The van der Waals surface area contributed by atoms with E-state index in [1.807, 2.05) is 50.2 Å². The fourth-order valence-electron chi connectivity index (χ4n) is 3.37. The highest BCUT2D eigenvalue weighted by molar-refractivity contribution is 6.01. The van der Waals surface area contributed by atoms with Gasteiger partial charge < -0.3 is 14.7 Å². The van der Waals surface area contributed by atoms with Crippen LogP contribution in [0, 0.1) is 5.82 Å². The summed E-state index contributed by atoms with van der Waals surface area (Å²) in [5.74, 6) is -0.266. The second-order valence-electron chi connectivity index (χ2n) is 7.70. The van der Waals surface area contributed by atoms with Gasteiger partial charge >= 0.3 is 0 Å². The fraction of sp³-hybridized carbons (Fsp3) is 0.435. The van der Waals surface area contributed by atoms with Crippen molar-refractivity contribution in [2.45, 2.75) is 45.1 Å². The summed E-state index contributed by atoms with van der Waals surface area (Å²) < 4.78 is 19.1. The van der Waals surface area contributed by atoms with Crippen LogP contribution in [0.2, 0.25) is 0 Å². The molecule has 1 aliphatic rings. The van der Waals surface area contributed by atoms with E-state index in [1.165, 1.54) is 12.1 Å². The molecular formula is C23H29FN2O3. The maximum Gasteiger partial charge on any atom is 0.145 e. The third-order valence-corrected chi connectivity index (χ3v) is 4.69. The van der Waals surface area contributed by atoms with E-state index in [-0.39, 0.29) is 24.6 Å². The molecule has 0 amide bonds. The van der Waals surface area contributed by atoms with Crippen molar-refractivity contribution in [3.8, 4) is 0 Å². The topological polar surface area (TPSA) is 54.3 Å². The van der Waals surface area contributed by atoms with Gasteiger partial charge in [0.25, 0.3) is 0 Å². The second-order valence-corrected chi connectivity index (χ2v) is 7.70. The molecule has 1 aliphatic heterocycles. The van der Waals surface area contributed by atoms with Crippen molar-refractivity contribution in [1.29, 1.82) is 0 Å². The molecule has 2 unspecified atom stereocenters. The summed E-state index contributed by atoms with van der Waals surface area (Å²) in [5, 5.41) is 14.6. The van der Waals surface area contributed by atoms with E-state index in [1.54, 1.807) is 6.07 Å². The van der Waals surface area contributed by atoms with Crippen LogP contribution in [-0.4, -0.2) is 53.7 Å². The molecule has 2 aromatic rings. The minimum absolute atomic E-state index is 0.0568. The number of oxime groups is 1. The molecule has 5 nitrogen and oxygen atoms in total. The Bertz CT molecular complexity index is 798. The monoisotopic (exact) mass is 400 g/mol. The first-order valence-electron chi connectivity index (χ1n) is 10.0. The van der Waals surface area contributed by atoms with Gasteiger partial charge in [-0.05, 0) is 37.1 Å². The summed E-state index contributed by atoms with van der Waals surface area (Å²) in [6.45, 7) is 5.63. The van der Waals surface area contributed by atoms with E-state index in [2.05, 4.69) is 10.1 Å². The predicted octanol–water partition coefficient (Wildman–Crippen LogP) is 3.61. The lowest BCUT2D eigenvalue weighted by molar-refractivity contribution is -0.0194. The van der Waals surface area contributed by atoms with Gasteiger partial charge in [-0.2, -0.15) is 0 Å². The third kappa shape index (κ3) is 6.92. The van der Waals surface area contributed by atoms with Crippen molar-refractivity contribution in [3.63, 3.8) is 0 Å². The summed E-state index contributed by atoms with van der Waals surface area (Å²) in [4.78, 5) is 7.72. The Morgan fingerprint density at radius 1 is 1.21 bits per heavy atom. The van der Waals surface area contributed by atoms with E-state index in [9.17, 15) is 9.50 Å². The van der Waals surface area contributed by atoms with E-state index in [0.29, 0.717) is 26.1 Å². The van der Waals surface area contributed by atoms with Crippen molar-refractivity contribution < 1.29 is 19.1 Å². The van der Waals surface area contributed by atoms with Crippen LogP contribution in [-0.2, 0) is 16.1 Å². The number of nitrogens with zero attached hydrogens (tertiary/aromatic N) is 2. The standard InChI is InChI=1S/C23H29FN2O3/c1-17(2)28-16-21(27)14-26(13-18-7-6-10-20(24)11-18)15-22-12-23(25-29-22)19-8-4-3-5-9-19/h3-11,17,21-22,27H,12-16H2,1-2H3. The number of hydrogen-bond acceptors (Lipinski definition) is 5. The van der Waals surface area contributed by atoms with Crippen molar-refractivity contribution in [1.82, 2.24) is 4.90 Å².